The molecule has 146 valence electrons. The van der Waals surface area contributed by atoms with Gasteiger partial charge in [0.25, 0.3) is 5.56 Å². The summed E-state index contributed by atoms with van der Waals surface area (Å²) in [6.07, 6.45) is -0.974. The molecule has 1 amide bonds. The molecule has 2 heterocycles. The minimum atomic E-state index is -0.845. The van der Waals surface area contributed by atoms with E-state index in [0.717, 1.165) is 5.01 Å². The number of nitrogens with one attached hydrogen (secondary N) is 2. The zero-order valence-corrected chi connectivity index (χ0v) is 15.3. The fraction of sp³-hybridized carbons (Fsp3) is 0.615. The van der Waals surface area contributed by atoms with Crippen LogP contribution < -0.4 is 27.5 Å². The molecule has 1 aliphatic rings. The smallest absolute Gasteiger partial charge is 0.277 e. The van der Waals surface area contributed by atoms with Crippen molar-refractivity contribution < 1.29 is 24.6 Å². The second-order valence-corrected chi connectivity index (χ2v) is 7.25. The first-order valence-corrected chi connectivity index (χ1v) is 8.83. The summed E-state index contributed by atoms with van der Waals surface area (Å²) in [5.41, 5.74) is 4.45. The fourth-order valence-electron chi connectivity index (χ4n) is 2.41. The van der Waals surface area contributed by atoms with Crippen LogP contribution in [0, 0.1) is 5.92 Å². The first kappa shape index (κ1) is 20.5. The number of amides is 1. The van der Waals surface area contributed by atoms with Crippen molar-refractivity contribution in [2.24, 2.45) is 11.8 Å². The number of nitrogen functional groups attached to an aromatic ring is 1. The third-order valence-electron chi connectivity index (χ3n) is 3.82. The lowest BCUT2D eigenvalue weighted by atomic mass is 10.2. The number of H-pyrrole nitrogens is 1. The third-order valence-corrected chi connectivity index (χ3v) is 4.75. The van der Waals surface area contributed by atoms with Gasteiger partial charge >= 0.3 is 0 Å². The SMILES string of the molecule is CC(C)C(=O)Nc1nc(N(N)C2OC(CO)CC2POO)c(N)c(=O)[nH]1. The van der Waals surface area contributed by atoms with E-state index in [2.05, 4.69) is 20.0 Å². The number of aliphatic hydroxyl groups excluding tert-OH is 1. The number of nitrogens with zero attached hydrogens (tertiary/aromatic N) is 2. The number of ether oxygens (including phenoxy) is 1. The maximum absolute atomic E-state index is 12.1. The molecule has 0 saturated carbocycles. The van der Waals surface area contributed by atoms with Crippen LogP contribution in [0.1, 0.15) is 20.3 Å². The van der Waals surface area contributed by atoms with Gasteiger partial charge in [0, 0.05) is 5.92 Å². The first-order chi connectivity index (χ1) is 12.3. The zero-order chi connectivity index (χ0) is 19.4. The molecule has 1 aliphatic heterocycles. The summed E-state index contributed by atoms with van der Waals surface area (Å²) in [7, 11) is -0.367. The number of aromatic nitrogens is 2. The van der Waals surface area contributed by atoms with Gasteiger partial charge in [-0.3, -0.25) is 24.9 Å². The molecule has 0 radical (unpaired) electrons. The lowest BCUT2D eigenvalue weighted by molar-refractivity contribution is -0.124. The maximum Gasteiger partial charge on any atom is 0.277 e. The highest BCUT2D eigenvalue weighted by atomic mass is 31.1. The molecule has 0 spiro atoms. The van der Waals surface area contributed by atoms with Gasteiger partial charge in [-0.05, 0) is 6.42 Å². The number of aromatic amines is 1. The predicted octanol–water partition coefficient (Wildman–Crippen LogP) is -0.814. The summed E-state index contributed by atoms with van der Waals surface area (Å²) >= 11 is 0. The van der Waals surface area contributed by atoms with E-state index >= 15 is 0 Å². The van der Waals surface area contributed by atoms with Crippen molar-refractivity contribution in [3.63, 3.8) is 0 Å². The Kier molecular flexibility index (Phi) is 6.87. The quantitative estimate of drug-likeness (QED) is 0.149. The second kappa shape index (κ2) is 8.71. The van der Waals surface area contributed by atoms with E-state index in [4.69, 9.17) is 21.6 Å². The number of rotatable bonds is 7. The van der Waals surface area contributed by atoms with Crippen molar-refractivity contribution in [1.29, 1.82) is 0 Å². The molecule has 2 rings (SSSR count). The molecule has 1 aromatic rings. The van der Waals surface area contributed by atoms with E-state index < -0.39 is 17.9 Å². The molecular weight excluding hydrogens is 367 g/mol. The van der Waals surface area contributed by atoms with Gasteiger partial charge in [0.15, 0.2) is 12.0 Å². The minimum absolute atomic E-state index is 0.107. The highest BCUT2D eigenvalue weighted by molar-refractivity contribution is 7.33. The highest BCUT2D eigenvalue weighted by Crippen LogP contribution is 2.37. The van der Waals surface area contributed by atoms with Gasteiger partial charge in [0.1, 0.15) is 5.69 Å². The largest absolute Gasteiger partial charge is 0.394 e. The number of hydrazine groups is 1. The predicted molar refractivity (Wildman–Crippen MR) is 95.6 cm³/mol. The van der Waals surface area contributed by atoms with Crippen molar-refractivity contribution in [3.8, 4) is 0 Å². The number of aliphatic hydroxyl groups is 1. The van der Waals surface area contributed by atoms with Crippen LogP contribution in [0.5, 0.6) is 0 Å². The Hall–Kier alpha value is -1.82. The minimum Gasteiger partial charge on any atom is -0.394 e. The summed E-state index contributed by atoms with van der Waals surface area (Å²) in [5, 5.41) is 21.5. The summed E-state index contributed by atoms with van der Waals surface area (Å²) in [5.74, 6) is 5.16. The normalized spacial score (nSPS) is 23.1. The van der Waals surface area contributed by atoms with Crippen LogP contribution in [0.4, 0.5) is 17.5 Å². The molecule has 4 atom stereocenters. The Balaban J connectivity index is 2.32. The molecule has 12 nitrogen and oxygen atoms in total. The number of hydrogen-bond donors (Lipinski definition) is 6. The molecule has 13 heteroatoms. The molecule has 26 heavy (non-hydrogen) atoms. The molecule has 4 unspecified atom stereocenters. The number of nitrogens with two attached hydrogens (primary N) is 2. The lowest BCUT2D eigenvalue weighted by Gasteiger charge is -2.28. The molecule has 8 N–H and O–H groups in total. The van der Waals surface area contributed by atoms with E-state index in [9.17, 15) is 14.7 Å². The van der Waals surface area contributed by atoms with Gasteiger partial charge in [-0.2, -0.15) is 4.98 Å². The van der Waals surface area contributed by atoms with E-state index in [-0.39, 0.29) is 50.4 Å². The van der Waals surface area contributed by atoms with Crippen molar-refractivity contribution in [2.75, 3.05) is 22.7 Å². The summed E-state index contributed by atoms with van der Waals surface area (Å²) in [6.45, 7) is 3.12. The Labute approximate surface area is 150 Å². The van der Waals surface area contributed by atoms with Crippen LogP contribution in [0.25, 0.3) is 0 Å². The summed E-state index contributed by atoms with van der Waals surface area (Å²) < 4.78 is 9.82. The topological polar surface area (TPSA) is 189 Å². The Morgan fingerprint density at radius 2 is 2.31 bits per heavy atom. The van der Waals surface area contributed by atoms with Gasteiger partial charge in [-0.1, -0.05) is 13.8 Å². The number of carbonyl (C=O) groups is 1. The van der Waals surface area contributed by atoms with Crippen LogP contribution in [0.3, 0.4) is 0 Å². The van der Waals surface area contributed by atoms with Gasteiger partial charge in [0.2, 0.25) is 11.9 Å². The molecule has 1 fully saturated rings. The number of carbonyl (C=O) groups excluding carboxylic acids is 1. The first-order valence-electron chi connectivity index (χ1n) is 7.85. The van der Waals surface area contributed by atoms with E-state index in [1.165, 1.54) is 0 Å². The van der Waals surface area contributed by atoms with Crippen LogP contribution in [0.2, 0.25) is 0 Å². The Bertz CT molecular complexity index is 700. The van der Waals surface area contributed by atoms with Gasteiger partial charge in [0.05, 0.1) is 27.2 Å². The van der Waals surface area contributed by atoms with Crippen molar-refractivity contribution in [1.82, 2.24) is 9.97 Å². The fourth-order valence-corrected chi connectivity index (χ4v) is 3.26. The molecule has 0 aromatic carbocycles. The zero-order valence-electron chi connectivity index (χ0n) is 14.3. The monoisotopic (exact) mass is 390 g/mol. The molecule has 0 aliphatic carbocycles. The average Bonchev–Trinajstić information content (AvgIpc) is 3.00. The number of hydrogen-bond acceptors (Lipinski definition) is 10. The van der Waals surface area contributed by atoms with Crippen LogP contribution in [-0.2, 0) is 14.2 Å². The highest BCUT2D eigenvalue weighted by Gasteiger charge is 2.40. The standard InChI is InChI=1S/C13H23N6O6P/c1-5(2)10(21)17-13-16-9(8(14)11(22)18-13)19(15)12-7(26-25-23)3-6(4-20)24-12/h5-7,12,20,23,26H,3-4,14-15H2,1-2H3,(H2,16,17,18,21,22). The Morgan fingerprint density at radius 1 is 1.62 bits per heavy atom. The van der Waals surface area contributed by atoms with Gasteiger partial charge in [-0.15, -0.1) is 0 Å². The molecular formula is C13H23N6O6P. The Morgan fingerprint density at radius 3 is 2.88 bits per heavy atom. The summed E-state index contributed by atoms with van der Waals surface area (Å²) in [6, 6.07) is 0. The van der Waals surface area contributed by atoms with E-state index in [1.54, 1.807) is 13.8 Å². The van der Waals surface area contributed by atoms with Crippen LogP contribution in [0.15, 0.2) is 4.79 Å². The third kappa shape index (κ3) is 4.47. The summed E-state index contributed by atoms with van der Waals surface area (Å²) in [4.78, 5) is 30.3. The molecule has 1 saturated heterocycles. The second-order valence-electron chi connectivity index (χ2n) is 6.09. The maximum atomic E-state index is 12.1. The average molecular weight is 390 g/mol. The van der Waals surface area contributed by atoms with Crippen LogP contribution in [-0.4, -0.2) is 50.8 Å². The van der Waals surface area contributed by atoms with Crippen LogP contribution >= 0.6 is 8.81 Å². The molecule has 1 aromatic heterocycles. The van der Waals surface area contributed by atoms with Crippen molar-refractivity contribution in [2.45, 2.75) is 38.3 Å². The van der Waals surface area contributed by atoms with Crippen molar-refractivity contribution >= 4 is 32.2 Å². The van der Waals surface area contributed by atoms with Gasteiger partial charge < -0.3 is 15.6 Å². The van der Waals surface area contributed by atoms with E-state index in [1.807, 2.05) is 0 Å². The van der Waals surface area contributed by atoms with E-state index in [0.29, 0.717) is 6.42 Å². The van der Waals surface area contributed by atoms with Crippen molar-refractivity contribution in [3.05, 3.63) is 10.4 Å². The number of anilines is 3. The lowest BCUT2D eigenvalue weighted by Crippen LogP contribution is -2.47. The van der Waals surface area contributed by atoms with Gasteiger partial charge in [-0.25, -0.2) is 15.8 Å². The molecule has 0 bridgehead atoms.